The molecule has 11 nitrogen and oxygen atoms in total. The van der Waals surface area contributed by atoms with Gasteiger partial charge in [-0.2, -0.15) is 0 Å². The first-order valence-electron chi connectivity index (χ1n) is 16.3. The summed E-state index contributed by atoms with van der Waals surface area (Å²) >= 11 is 0. The molecule has 0 saturated carbocycles. The lowest BCUT2D eigenvalue weighted by Crippen LogP contribution is -2.47. The summed E-state index contributed by atoms with van der Waals surface area (Å²) < 4.78 is 23.8. The Kier molecular flexibility index (Phi) is 11.7. The number of amides is 2. The third-order valence-corrected chi connectivity index (χ3v) is 8.63. The molecular formula is C36H46N4O7. The lowest BCUT2D eigenvalue weighted by molar-refractivity contribution is -0.0177. The highest BCUT2D eigenvalue weighted by Gasteiger charge is 2.30. The van der Waals surface area contributed by atoms with Crippen molar-refractivity contribution in [2.24, 2.45) is 5.92 Å². The number of benzene rings is 2. The number of nitrogens with one attached hydrogen (secondary N) is 1. The average Bonchev–Trinajstić information content (AvgIpc) is 3.54. The largest absolute Gasteiger partial charge is 0.490 e. The molecule has 47 heavy (non-hydrogen) atoms. The number of anilines is 1. The second kappa shape index (κ2) is 16.1. The van der Waals surface area contributed by atoms with Gasteiger partial charge in [-0.3, -0.25) is 19.5 Å². The van der Waals surface area contributed by atoms with E-state index in [9.17, 15) is 14.7 Å². The Hall–Kier alpha value is -4.19. The minimum absolute atomic E-state index is 0.0621. The van der Waals surface area contributed by atoms with Gasteiger partial charge in [0.15, 0.2) is 11.5 Å². The van der Waals surface area contributed by atoms with Crippen molar-refractivity contribution < 1.29 is 33.6 Å². The standard InChI is InChI=1S/C36H46N4O7/c1-24-19-40(25(2)22-41)36(43)30-18-29(38-35(42)28-12-14-37-15-13-28)9-11-31(30)47-26(3)7-5-6-16-44-34(24)21-39(4)20-27-8-10-32-33(17-27)46-23-45-32/h8-15,17-18,24-26,34,41H,5-7,16,19-23H2,1-4H3,(H,38,42)/t24-,25+,26+,34+/m0/s1. The molecule has 3 aromatic rings. The molecule has 2 aromatic carbocycles. The summed E-state index contributed by atoms with van der Waals surface area (Å²) in [4.78, 5) is 35.2. The molecule has 0 bridgehead atoms. The molecule has 2 amide bonds. The molecule has 2 aliphatic heterocycles. The van der Waals surface area contributed by atoms with E-state index in [1.165, 1.54) is 0 Å². The van der Waals surface area contributed by atoms with Crippen molar-refractivity contribution >= 4 is 17.5 Å². The fourth-order valence-corrected chi connectivity index (χ4v) is 5.89. The highest BCUT2D eigenvalue weighted by Crippen LogP contribution is 2.33. The third kappa shape index (κ3) is 9.00. The second-order valence-electron chi connectivity index (χ2n) is 12.6. The zero-order valence-electron chi connectivity index (χ0n) is 27.7. The molecule has 1 aromatic heterocycles. The number of ether oxygens (including phenoxy) is 4. The van der Waals surface area contributed by atoms with Crippen LogP contribution in [0.15, 0.2) is 60.9 Å². The van der Waals surface area contributed by atoms with Crippen LogP contribution in [0.4, 0.5) is 5.69 Å². The minimum Gasteiger partial charge on any atom is -0.490 e. The van der Waals surface area contributed by atoms with Gasteiger partial charge in [0.1, 0.15) is 5.75 Å². The van der Waals surface area contributed by atoms with Crippen LogP contribution in [0.1, 0.15) is 66.3 Å². The van der Waals surface area contributed by atoms with Crippen molar-refractivity contribution in [2.75, 3.05) is 45.5 Å². The van der Waals surface area contributed by atoms with E-state index in [1.54, 1.807) is 47.6 Å². The molecular weight excluding hydrogens is 600 g/mol. The van der Waals surface area contributed by atoms with Crippen LogP contribution >= 0.6 is 0 Å². The quantitative estimate of drug-likeness (QED) is 0.349. The number of pyridine rings is 1. The topological polar surface area (TPSA) is 123 Å². The van der Waals surface area contributed by atoms with Crippen molar-refractivity contribution in [1.82, 2.24) is 14.8 Å². The van der Waals surface area contributed by atoms with Gasteiger partial charge in [0.05, 0.1) is 30.4 Å². The Morgan fingerprint density at radius 2 is 1.83 bits per heavy atom. The van der Waals surface area contributed by atoms with E-state index in [0.29, 0.717) is 48.8 Å². The van der Waals surface area contributed by atoms with Gasteiger partial charge in [0.2, 0.25) is 6.79 Å². The Bertz CT molecular complexity index is 1500. The number of nitrogens with zero attached hydrogens (tertiary/aromatic N) is 3. The normalized spacial score (nSPS) is 21.0. The first-order valence-corrected chi connectivity index (χ1v) is 16.3. The summed E-state index contributed by atoms with van der Waals surface area (Å²) in [6.45, 7) is 8.21. The van der Waals surface area contributed by atoms with E-state index in [0.717, 1.165) is 36.3 Å². The maximum atomic E-state index is 14.4. The number of fused-ring (bicyclic) bond motifs is 2. The van der Waals surface area contributed by atoms with Crippen molar-refractivity contribution in [1.29, 1.82) is 0 Å². The molecule has 4 atom stereocenters. The number of aromatic nitrogens is 1. The van der Waals surface area contributed by atoms with Gasteiger partial charge >= 0.3 is 0 Å². The van der Waals surface area contributed by atoms with E-state index in [-0.39, 0.29) is 43.3 Å². The Balaban J connectivity index is 1.38. The van der Waals surface area contributed by atoms with Crippen LogP contribution in [-0.4, -0.2) is 90.1 Å². The lowest BCUT2D eigenvalue weighted by Gasteiger charge is -2.36. The number of aliphatic hydroxyl groups excluding tert-OH is 1. The first-order chi connectivity index (χ1) is 22.7. The summed E-state index contributed by atoms with van der Waals surface area (Å²) in [5.41, 5.74) is 2.35. The van der Waals surface area contributed by atoms with Gasteiger partial charge < -0.3 is 34.3 Å². The number of aliphatic hydroxyl groups is 1. The number of rotatable bonds is 8. The summed E-state index contributed by atoms with van der Waals surface area (Å²) in [5, 5.41) is 13.1. The monoisotopic (exact) mass is 646 g/mol. The van der Waals surface area contributed by atoms with Crippen LogP contribution in [0.2, 0.25) is 0 Å². The molecule has 2 N–H and O–H groups in total. The van der Waals surface area contributed by atoms with Gasteiger partial charge in [0, 0.05) is 55.8 Å². The van der Waals surface area contributed by atoms with Gasteiger partial charge in [-0.15, -0.1) is 0 Å². The number of carbonyl (C=O) groups excluding carboxylic acids is 2. The van der Waals surface area contributed by atoms with Crippen LogP contribution in [0.25, 0.3) is 0 Å². The van der Waals surface area contributed by atoms with Gasteiger partial charge in [-0.05, 0) is 88.2 Å². The number of likely N-dealkylation sites (N-methyl/N-ethyl adjacent to an activating group) is 1. The average molecular weight is 647 g/mol. The Labute approximate surface area is 276 Å². The Morgan fingerprint density at radius 1 is 1.06 bits per heavy atom. The van der Waals surface area contributed by atoms with Crippen LogP contribution in [0.3, 0.4) is 0 Å². The number of hydrogen-bond donors (Lipinski definition) is 2. The molecule has 11 heteroatoms. The molecule has 0 saturated heterocycles. The minimum atomic E-state index is -0.467. The molecule has 0 radical (unpaired) electrons. The van der Waals surface area contributed by atoms with E-state index < -0.39 is 6.04 Å². The zero-order valence-corrected chi connectivity index (χ0v) is 27.7. The van der Waals surface area contributed by atoms with Gasteiger partial charge in [0.25, 0.3) is 11.8 Å². The molecule has 0 unspecified atom stereocenters. The molecule has 2 aliphatic rings. The van der Waals surface area contributed by atoms with Gasteiger partial charge in [-0.1, -0.05) is 13.0 Å². The van der Waals surface area contributed by atoms with Crippen molar-refractivity contribution in [3.63, 3.8) is 0 Å². The zero-order chi connectivity index (χ0) is 33.3. The predicted molar refractivity (Wildman–Crippen MR) is 178 cm³/mol. The maximum absolute atomic E-state index is 14.4. The molecule has 252 valence electrons. The predicted octanol–water partition coefficient (Wildman–Crippen LogP) is 4.99. The van der Waals surface area contributed by atoms with Gasteiger partial charge in [-0.25, -0.2) is 0 Å². The van der Waals surface area contributed by atoms with Crippen LogP contribution < -0.4 is 19.5 Å². The summed E-state index contributed by atoms with van der Waals surface area (Å²) in [5.74, 6) is 1.29. The molecule has 0 fully saturated rings. The third-order valence-electron chi connectivity index (χ3n) is 8.63. The number of carbonyl (C=O) groups is 2. The summed E-state index contributed by atoms with van der Waals surface area (Å²) in [6, 6.07) is 13.9. The summed E-state index contributed by atoms with van der Waals surface area (Å²) in [6.07, 6.45) is 5.37. The van der Waals surface area contributed by atoms with Crippen LogP contribution in [0, 0.1) is 5.92 Å². The maximum Gasteiger partial charge on any atom is 0.258 e. The smallest absolute Gasteiger partial charge is 0.258 e. The fourth-order valence-electron chi connectivity index (χ4n) is 5.89. The fraction of sp³-hybridized carbons (Fsp3) is 0.472. The van der Waals surface area contributed by atoms with E-state index in [1.807, 2.05) is 32.0 Å². The molecule has 0 aliphatic carbocycles. The molecule has 3 heterocycles. The van der Waals surface area contributed by atoms with Crippen LogP contribution in [0.5, 0.6) is 17.2 Å². The molecule has 0 spiro atoms. The summed E-state index contributed by atoms with van der Waals surface area (Å²) in [7, 11) is 2.06. The second-order valence-corrected chi connectivity index (χ2v) is 12.6. The SMILES string of the molecule is C[C@@H]1CCCCO[C@H](CN(C)Cc2ccc3c(c2)OCO3)[C@@H](C)CN([C@H](C)CO)C(=O)c2cc(NC(=O)c3ccncc3)ccc2O1. The molecule has 5 rings (SSSR count). The Morgan fingerprint density at radius 3 is 2.62 bits per heavy atom. The van der Waals surface area contributed by atoms with E-state index in [4.69, 9.17) is 18.9 Å². The lowest BCUT2D eigenvalue weighted by atomic mass is 10.0. The number of hydrogen-bond acceptors (Lipinski definition) is 9. The highest BCUT2D eigenvalue weighted by molar-refractivity contribution is 6.05. The van der Waals surface area contributed by atoms with E-state index >= 15 is 0 Å². The van der Waals surface area contributed by atoms with Crippen molar-refractivity contribution in [3.8, 4) is 17.2 Å². The first kappa shape index (κ1) is 34.2. The highest BCUT2D eigenvalue weighted by atomic mass is 16.7. The van der Waals surface area contributed by atoms with Crippen LogP contribution in [-0.2, 0) is 11.3 Å². The van der Waals surface area contributed by atoms with Crippen molar-refractivity contribution in [2.45, 2.75) is 64.8 Å². The van der Waals surface area contributed by atoms with Crippen molar-refractivity contribution in [3.05, 3.63) is 77.6 Å². The van der Waals surface area contributed by atoms with E-state index in [2.05, 4.69) is 29.2 Å².